The van der Waals surface area contributed by atoms with Crippen LogP contribution in [0.3, 0.4) is 0 Å². The lowest BCUT2D eigenvalue weighted by Crippen LogP contribution is -2.51. The van der Waals surface area contributed by atoms with Gasteiger partial charge in [-0.25, -0.2) is 19.6 Å². The molecule has 2 aliphatic rings. The van der Waals surface area contributed by atoms with Gasteiger partial charge in [0.15, 0.2) is 0 Å². The van der Waals surface area contributed by atoms with Gasteiger partial charge in [0.25, 0.3) is 0 Å². The molecule has 0 radical (unpaired) electrons. The standard InChI is InChI=1S/C39H50N8O5/c1-5-8-29(42-38(49)50)23-46-19-6-9-32(46)35-40-21-30(43-35)27-15-11-25(12-16-27)26-13-17-28(18-14-26)31-22-41-36(44-31)33-10-7-20-47(33)37(48)34(24(2)3)45-39(51)52-4/h11-18,21-22,24,29,32-34,42H,5-10,19-20,23H2,1-4H3,(H,40,43)(H,41,44)(H,45,51)(H,49,50)/t29-,32-,33?,34-/m0/s1. The van der Waals surface area contributed by atoms with Gasteiger partial charge in [-0.15, -0.1) is 0 Å². The predicted molar refractivity (Wildman–Crippen MR) is 198 cm³/mol. The Morgan fingerprint density at radius 3 is 1.92 bits per heavy atom. The van der Waals surface area contributed by atoms with Crippen LogP contribution in [0.2, 0.25) is 0 Å². The number of ether oxygens (including phenoxy) is 1. The molecule has 0 aliphatic carbocycles. The zero-order valence-electron chi connectivity index (χ0n) is 30.4. The number of hydrogen-bond acceptors (Lipinski definition) is 7. The molecule has 2 aromatic carbocycles. The Labute approximate surface area is 304 Å². The van der Waals surface area contributed by atoms with E-state index in [0.717, 1.165) is 90.4 Å². The van der Waals surface area contributed by atoms with Crippen molar-refractivity contribution in [3.8, 4) is 33.6 Å². The van der Waals surface area contributed by atoms with Crippen molar-refractivity contribution >= 4 is 18.1 Å². The number of aromatic amines is 2. The number of carboxylic acid groups (broad SMARTS) is 1. The van der Waals surface area contributed by atoms with Crippen LogP contribution in [0.4, 0.5) is 9.59 Å². The molecule has 1 unspecified atom stereocenters. The largest absolute Gasteiger partial charge is 0.465 e. The van der Waals surface area contributed by atoms with Gasteiger partial charge >= 0.3 is 12.2 Å². The molecule has 2 aromatic heterocycles. The van der Waals surface area contributed by atoms with E-state index in [-0.39, 0.29) is 30.0 Å². The molecular formula is C39H50N8O5. The number of nitrogens with zero attached hydrogens (tertiary/aromatic N) is 4. The molecule has 13 heteroatoms. The normalized spacial score (nSPS) is 18.8. The summed E-state index contributed by atoms with van der Waals surface area (Å²) in [4.78, 5) is 57.3. The summed E-state index contributed by atoms with van der Waals surface area (Å²) in [7, 11) is 1.29. The number of benzene rings is 2. The Bertz CT molecular complexity index is 1820. The SMILES string of the molecule is CCC[C@@H](CN1CCC[C@H]1c1ncc(-c2ccc(-c3ccc(-c4cnc(C5CCCN5C(=O)[C@@H](NC(=O)OC)C(C)C)[nH]4)cc3)cc2)[nH]1)NC(=O)O. The molecular weight excluding hydrogens is 660 g/mol. The van der Waals surface area contributed by atoms with Gasteiger partial charge in [0.1, 0.15) is 17.7 Å². The molecule has 52 heavy (non-hydrogen) atoms. The van der Waals surface area contributed by atoms with Crippen molar-refractivity contribution in [1.29, 1.82) is 0 Å². The van der Waals surface area contributed by atoms with Gasteiger partial charge in [-0.05, 0) is 66.8 Å². The van der Waals surface area contributed by atoms with E-state index in [4.69, 9.17) is 9.72 Å². The monoisotopic (exact) mass is 710 g/mol. The molecule has 3 amide bonds. The number of methoxy groups -OCH3 is 1. The van der Waals surface area contributed by atoms with E-state index in [1.165, 1.54) is 7.11 Å². The molecule has 5 N–H and O–H groups in total. The molecule has 276 valence electrons. The van der Waals surface area contributed by atoms with Crippen LogP contribution in [0, 0.1) is 5.92 Å². The Morgan fingerprint density at radius 1 is 0.846 bits per heavy atom. The van der Waals surface area contributed by atoms with Crippen molar-refractivity contribution in [3.63, 3.8) is 0 Å². The second-order valence-corrected chi connectivity index (χ2v) is 14.2. The van der Waals surface area contributed by atoms with Crippen LogP contribution in [-0.2, 0) is 9.53 Å². The van der Waals surface area contributed by atoms with Gasteiger partial charge in [-0.3, -0.25) is 9.69 Å². The number of carbonyl (C=O) groups is 3. The van der Waals surface area contributed by atoms with E-state index in [0.29, 0.717) is 13.1 Å². The first-order valence-corrected chi connectivity index (χ1v) is 18.3. The fourth-order valence-corrected chi connectivity index (χ4v) is 7.55. The summed E-state index contributed by atoms with van der Waals surface area (Å²) in [5.74, 6) is 1.43. The molecule has 4 atom stereocenters. The number of hydrogen-bond donors (Lipinski definition) is 5. The van der Waals surface area contributed by atoms with Crippen molar-refractivity contribution in [2.45, 2.75) is 83.5 Å². The van der Waals surface area contributed by atoms with Crippen molar-refractivity contribution < 1.29 is 24.2 Å². The number of carbonyl (C=O) groups excluding carboxylic acids is 2. The van der Waals surface area contributed by atoms with E-state index >= 15 is 0 Å². The Hall–Kier alpha value is -5.17. The quantitative estimate of drug-likeness (QED) is 0.102. The smallest absolute Gasteiger partial charge is 0.407 e. The summed E-state index contributed by atoms with van der Waals surface area (Å²) in [6, 6.07) is 15.9. The van der Waals surface area contributed by atoms with E-state index in [1.807, 2.05) is 31.1 Å². The summed E-state index contributed by atoms with van der Waals surface area (Å²) in [5.41, 5.74) is 6.05. The lowest BCUT2D eigenvalue weighted by atomic mass is 10.0. The van der Waals surface area contributed by atoms with Gasteiger partial charge in [0, 0.05) is 19.1 Å². The van der Waals surface area contributed by atoms with E-state index < -0.39 is 18.2 Å². The maximum Gasteiger partial charge on any atom is 0.407 e. The van der Waals surface area contributed by atoms with E-state index in [9.17, 15) is 19.5 Å². The number of aromatic nitrogens is 4. The fraction of sp³-hybridized carbons (Fsp3) is 0.462. The molecule has 2 aliphatic heterocycles. The number of likely N-dealkylation sites (tertiary alicyclic amines) is 2. The van der Waals surface area contributed by atoms with Crippen LogP contribution in [0.1, 0.15) is 83.0 Å². The minimum absolute atomic E-state index is 0.0953. The summed E-state index contributed by atoms with van der Waals surface area (Å²) >= 11 is 0. The van der Waals surface area contributed by atoms with Crippen LogP contribution in [-0.4, -0.2) is 91.8 Å². The Kier molecular flexibility index (Phi) is 11.6. The second-order valence-electron chi connectivity index (χ2n) is 14.2. The number of H-pyrrole nitrogens is 2. The number of rotatable bonds is 13. The minimum Gasteiger partial charge on any atom is -0.465 e. The number of nitrogens with one attached hydrogen (secondary N) is 4. The average Bonchev–Trinajstić information content (AvgIpc) is 3.97. The molecule has 0 spiro atoms. The van der Waals surface area contributed by atoms with Crippen LogP contribution in [0.5, 0.6) is 0 Å². The van der Waals surface area contributed by atoms with Gasteiger partial charge in [-0.1, -0.05) is 75.7 Å². The highest BCUT2D eigenvalue weighted by Crippen LogP contribution is 2.34. The lowest BCUT2D eigenvalue weighted by Gasteiger charge is -2.30. The number of amides is 3. The maximum atomic E-state index is 13.5. The third-order valence-corrected chi connectivity index (χ3v) is 10.3. The number of imidazole rings is 2. The zero-order chi connectivity index (χ0) is 36.8. The molecule has 2 fully saturated rings. The summed E-state index contributed by atoms with van der Waals surface area (Å²) in [6.45, 7) is 8.08. The molecule has 2 saturated heterocycles. The highest BCUT2D eigenvalue weighted by atomic mass is 16.5. The third-order valence-electron chi connectivity index (χ3n) is 10.3. The van der Waals surface area contributed by atoms with Crippen molar-refractivity contribution in [1.82, 2.24) is 40.4 Å². The van der Waals surface area contributed by atoms with Crippen molar-refractivity contribution in [2.75, 3.05) is 26.7 Å². The third kappa shape index (κ3) is 8.31. The van der Waals surface area contributed by atoms with Crippen molar-refractivity contribution in [3.05, 3.63) is 72.6 Å². The highest BCUT2D eigenvalue weighted by Gasteiger charge is 2.37. The summed E-state index contributed by atoms with van der Waals surface area (Å²) < 4.78 is 4.75. The first-order valence-electron chi connectivity index (χ1n) is 18.3. The molecule has 0 bridgehead atoms. The summed E-state index contributed by atoms with van der Waals surface area (Å²) in [6.07, 6.45) is 7.52. The first-order chi connectivity index (χ1) is 25.1. The van der Waals surface area contributed by atoms with Gasteiger partial charge < -0.3 is 35.3 Å². The van der Waals surface area contributed by atoms with Gasteiger partial charge in [0.2, 0.25) is 5.91 Å². The summed E-state index contributed by atoms with van der Waals surface area (Å²) in [5, 5.41) is 14.7. The van der Waals surface area contributed by atoms with E-state index in [1.54, 1.807) is 0 Å². The topological polar surface area (TPSA) is 169 Å². The van der Waals surface area contributed by atoms with Crippen molar-refractivity contribution in [2.24, 2.45) is 5.92 Å². The molecule has 4 heterocycles. The zero-order valence-corrected chi connectivity index (χ0v) is 30.4. The lowest BCUT2D eigenvalue weighted by molar-refractivity contribution is -0.135. The minimum atomic E-state index is -0.976. The van der Waals surface area contributed by atoms with Crippen LogP contribution >= 0.6 is 0 Å². The van der Waals surface area contributed by atoms with Gasteiger partial charge in [0.05, 0.1) is 43.0 Å². The number of alkyl carbamates (subject to hydrolysis) is 1. The second kappa shape index (κ2) is 16.4. The van der Waals surface area contributed by atoms with Crippen LogP contribution < -0.4 is 10.6 Å². The van der Waals surface area contributed by atoms with E-state index in [2.05, 4.69) is 85.9 Å². The fourth-order valence-electron chi connectivity index (χ4n) is 7.55. The molecule has 4 aromatic rings. The van der Waals surface area contributed by atoms with Crippen LogP contribution in [0.15, 0.2) is 60.9 Å². The molecule has 6 rings (SSSR count). The molecule has 0 saturated carbocycles. The highest BCUT2D eigenvalue weighted by molar-refractivity contribution is 5.86. The Balaban J connectivity index is 1.09. The Morgan fingerprint density at radius 2 is 1.38 bits per heavy atom. The molecule has 13 nitrogen and oxygen atoms in total. The first kappa shape index (κ1) is 36.6. The van der Waals surface area contributed by atoms with Gasteiger partial charge in [-0.2, -0.15) is 0 Å². The van der Waals surface area contributed by atoms with Crippen LogP contribution in [0.25, 0.3) is 33.6 Å². The average molecular weight is 711 g/mol. The predicted octanol–water partition coefficient (Wildman–Crippen LogP) is 6.75. The maximum absolute atomic E-state index is 13.5.